The third-order valence-corrected chi connectivity index (χ3v) is 4.45. The Hall–Kier alpha value is 0.270. The third kappa shape index (κ3) is 7.01. The Morgan fingerprint density at radius 1 is 1.06 bits per heavy atom. The molecule has 1 aliphatic heterocycles. The summed E-state index contributed by atoms with van der Waals surface area (Å²) in [5, 5.41) is 9.82. The number of rotatable bonds is 9. The van der Waals surface area contributed by atoms with E-state index < -0.39 is 0 Å². The lowest BCUT2D eigenvalue weighted by Gasteiger charge is -2.34. The Labute approximate surface area is 119 Å². The lowest BCUT2D eigenvalue weighted by atomic mass is 9.96. The van der Waals surface area contributed by atoms with Crippen molar-refractivity contribution in [3.63, 3.8) is 0 Å². The molecule has 0 aliphatic carbocycles. The van der Waals surface area contributed by atoms with Gasteiger partial charge in [0.2, 0.25) is 0 Å². The molecule has 0 saturated carbocycles. The van der Waals surface area contributed by atoms with Crippen molar-refractivity contribution in [2.75, 3.05) is 25.4 Å². The van der Waals surface area contributed by atoms with Crippen molar-refractivity contribution < 1.29 is 5.11 Å². The van der Waals surface area contributed by atoms with Crippen LogP contribution < -0.4 is 0 Å². The Kier molecular flexibility index (Phi) is 9.16. The topological polar surface area (TPSA) is 23.5 Å². The Morgan fingerprint density at radius 3 is 2.28 bits per heavy atom. The maximum absolute atomic E-state index is 9.82. The van der Waals surface area contributed by atoms with E-state index in [0.717, 1.165) is 18.7 Å². The minimum atomic E-state index is -0.0972. The molecular weight excluding hydrogens is 242 g/mol. The summed E-state index contributed by atoms with van der Waals surface area (Å²) < 4.78 is 0. The molecule has 0 spiro atoms. The van der Waals surface area contributed by atoms with Gasteiger partial charge in [0.1, 0.15) is 0 Å². The van der Waals surface area contributed by atoms with Gasteiger partial charge in [0.15, 0.2) is 0 Å². The van der Waals surface area contributed by atoms with Crippen molar-refractivity contribution in [2.24, 2.45) is 5.92 Å². The van der Waals surface area contributed by atoms with Crippen LogP contribution in [0.15, 0.2) is 0 Å². The second kappa shape index (κ2) is 10.1. The van der Waals surface area contributed by atoms with Gasteiger partial charge in [0.25, 0.3) is 0 Å². The fourth-order valence-corrected chi connectivity index (χ4v) is 2.87. The number of unbranched alkanes of at least 4 members (excludes halogenated alkanes) is 6. The first-order chi connectivity index (χ1) is 8.74. The fourth-order valence-electron chi connectivity index (χ4n) is 2.65. The number of nitrogens with zero attached hydrogens (tertiary/aromatic N) is 1. The number of piperidine rings is 1. The predicted molar refractivity (Wildman–Crippen MR) is 82.4 cm³/mol. The SMILES string of the molecule is CC1CCN(CCCCCCCCCS)CC1O. The van der Waals surface area contributed by atoms with E-state index in [9.17, 15) is 5.11 Å². The Bertz CT molecular complexity index is 201. The van der Waals surface area contributed by atoms with Crippen LogP contribution in [0, 0.1) is 5.92 Å². The van der Waals surface area contributed by atoms with E-state index >= 15 is 0 Å². The molecule has 108 valence electrons. The highest BCUT2D eigenvalue weighted by molar-refractivity contribution is 7.80. The third-order valence-electron chi connectivity index (χ3n) is 4.14. The standard InChI is InChI=1S/C15H31NOS/c1-14-9-11-16(13-15(14)17)10-7-5-3-2-4-6-8-12-18/h14-15,17-18H,2-13H2,1H3. The molecule has 0 aromatic rings. The monoisotopic (exact) mass is 273 g/mol. The molecule has 2 unspecified atom stereocenters. The summed E-state index contributed by atoms with van der Waals surface area (Å²) in [5.74, 6) is 1.53. The first-order valence-corrected chi connectivity index (χ1v) is 8.38. The molecule has 1 N–H and O–H groups in total. The Balaban J connectivity index is 1.89. The van der Waals surface area contributed by atoms with Crippen LogP contribution in [0.2, 0.25) is 0 Å². The minimum Gasteiger partial charge on any atom is -0.392 e. The van der Waals surface area contributed by atoms with Crippen LogP contribution in [0.25, 0.3) is 0 Å². The molecule has 18 heavy (non-hydrogen) atoms. The molecule has 0 aromatic carbocycles. The summed E-state index contributed by atoms with van der Waals surface area (Å²) in [6.45, 7) is 5.41. The molecule has 3 heteroatoms. The van der Waals surface area contributed by atoms with E-state index in [4.69, 9.17) is 0 Å². The molecule has 0 amide bonds. The average Bonchev–Trinajstić information content (AvgIpc) is 2.37. The molecule has 2 atom stereocenters. The average molecular weight is 273 g/mol. The second-order valence-corrected chi connectivity index (χ2v) is 6.28. The summed E-state index contributed by atoms with van der Waals surface area (Å²) >= 11 is 4.23. The van der Waals surface area contributed by atoms with Gasteiger partial charge in [-0.2, -0.15) is 12.6 Å². The predicted octanol–water partition coefficient (Wildman–Crippen LogP) is 3.35. The van der Waals surface area contributed by atoms with Gasteiger partial charge in [-0.3, -0.25) is 0 Å². The van der Waals surface area contributed by atoms with Gasteiger partial charge < -0.3 is 10.0 Å². The highest BCUT2D eigenvalue weighted by atomic mass is 32.1. The van der Waals surface area contributed by atoms with E-state index in [2.05, 4.69) is 24.5 Å². The highest BCUT2D eigenvalue weighted by Crippen LogP contribution is 2.17. The van der Waals surface area contributed by atoms with E-state index in [-0.39, 0.29) is 6.10 Å². The number of hydrogen-bond donors (Lipinski definition) is 2. The highest BCUT2D eigenvalue weighted by Gasteiger charge is 2.23. The molecule has 1 heterocycles. The molecule has 0 radical (unpaired) electrons. The van der Waals surface area contributed by atoms with E-state index in [0.29, 0.717) is 5.92 Å². The van der Waals surface area contributed by atoms with Crippen LogP contribution in [0.4, 0.5) is 0 Å². The van der Waals surface area contributed by atoms with E-state index in [1.54, 1.807) is 0 Å². The smallest absolute Gasteiger partial charge is 0.0693 e. The van der Waals surface area contributed by atoms with Crippen molar-refractivity contribution >= 4 is 12.6 Å². The Morgan fingerprint density at radius 2 is 1.67 bits per heavy atom. The minimum absolute atomic E-state index is 0.0972. The van der Waals surface area contributed by atoms with E-state index in [1.807, 2.05) is 0 Å². The van der Waals surface area contributed by atoms with Gasteiger partial charge >= 0.3 is 0 Å². The van der Waals surface area contributed by atoms with Gasteiger partial charge in [0.05, 0.1) is 6.10 Å². The summed E-state index contributed by atoms with van der Waals surface area (Å²) in [5.41, 5.74) is 0. The maximum atomic E-state index is 9.82. The number of β-amino-alcohol motifs (C(OH)–C–C–N with tert-alkyl or cyclic N) is 1. The summed E-state index contributed by atoms with van der Waals surface area (Å²) in [6, 6.07) is 0. The van der Waals surface area contributed by atoms with Crippen LogP contribution in [-0.4, -0.2) is 41.5 Å². The number of thiol groups is 1. The first kappa shape index (κ1) is 16.3. The quantitative estimate of drug-likeness (QED) is 0.497. The van der Waals surface area contributed by atoms with Crippen molar-refractivity contribution in [2.45, 2.75) is 64.4 Å². The molecular formula is C15H31NOS. The lowest BCUT2D eigenvalue weighted by molar-refractivity contribution is 0.0286. The van der Waals surface area contributed by atoms with Crippen molar-refractivity contribution in [3.05, 3.63) is 0 Å². The fraction of sp³-hybridized carbons (Fsp3) is 1.00. The zero-order chi connectivity index (χ0) is 13.2. The molecule has 1 aliphatic rings. The summed E-state index contributed by atoms with van der Waals surface area (Å²) in [4.78, 5) is 2.44. The van der Waals surface area contributed by atoms with Crippen LogP contribution in [0.1, 0.15) is 58.3 Å². The van der Waals surface area contributed by atoms with E-state index in [1.165, 1.54) is 58.0 Å². The van der Waals surface area contributed by atoms with Gasteiger partial charge in [-0.1, -0.05) is 39.0 Å². The van der Waals surface area contributed by atoms with Crippen LogP contribution >= 0.6 is 12.6 Å². The number of hydrogen-bond acceptors (Lipinski definition) is 3. The van der Waals surface area contributed by atoms with Crippen molar-refractivity contribution in [3.8, 4) is 0 Å². The maximum Gasteiger partial charge on any atom is 0.0693 e. The zero-order valence-corrected chi connectivity index (χ0v) is 12.9. The molecule has 0 aromatic heterocycles. The van der Waals surface area contributed by atoms with Gasteiger partial charge in [-0.15, -0.1) is 0 Å². The summed E-state index contributed by atoms with van der Waals surface area (Å²) in [7, 11) is 0. The first-order valence-electron chi connectivity index (χ1n) is 7.75. The zero-order valence-electron chi connectivity index (χ0n) is 12.0. The molecule has 2 nitrogen and oxygen atoms in total. The van der Waals surface area contributed by atoms with Crippen LogP contribution in [0.5, 0.6) is 0 Å². The molecule has 1 fully saturated rings. The number of likely N-dealkylation sites (tertiary alicyclic amines) is 1. The van der Waals surface area contributed by atoms with Gasteiger partial charge in [0, 0.05) is 6.54 Å². The molecule has 0 bridgehead atoms. The van der Waals surface area contributed by atoms with Gasteiger partial charge in [-0.05, 0) is 44.0 Å². The largest absolute Gasteiger partial charge is 0.392 e. The summed E-state index contributed by atoms with van der Waals surface area (Å²) in [6.07, 6.45) is 10.5. The lowest BCUT2D eigenvalue weighted by Crippen LogP contribution is -2.43. The second-order valence-electron chi connectivity index (χ2n) is 5.83. The van der Waals surface area contributed by atoms with Crippen molar-refractivity contribution in [1.82, 2.24) is 4.90 Å². The van der Waals surface area contributed by atoms with Crippen LogP contribution in [-0.2, 0) is 0 Å². The molecule has 1 saturated heterocycles. The van der Waals surface area contributed by atoms with Gasteiger partial charge in [-0.25, -0.2) is 0 Å². The molecule has 1 rings (SSSR count). The van der Waals surface area contributed by atoms with Crippen LogP contribution in [0.3, 0.4) is 0 Å². The number of aliphatic hydroxyl groups is 1. The normalized spacial score (nSPS) is 25.5. The number of aliphatic hydroxyl groups excluding tert-OH is 1. The van der Waals surface area contributed by atoms with Crippen molar-refractivity contribution in [1.29, 1.82) is 0 Å².